The van der Waals surface area contributed by atoms with Gasteiger partial charge in [-0.1, -0.05) is 62.2 Å². The van der Waals surface area contributed by atoms with E-state index in [1.54, 1.807) is 36.4 Å². The van der Waals surface area contributed by atoms with Gasteiger partial charge in [-0.3, -0.25) is 14.4 Å². The van der Waals surface area contributed by atoms with Gasteiger partial charge >= 0.3 is 0 Å². The van der Waals surface area contributed by atoms with Crippen LogP contribution >= 0.6 is 23.2 Å². The molecule has 1 fully saturated rings. The molecule has 0 N–H and O–H groups in total. The molecule has 0 aromatic heterocycles. The van der Waals surface area contributed by atoms with Crippen molar-refractivity contribution in [3.8, 4) is 0 Å². The maximum absolute atomic E-state index is 13.2. The third kappa shape index (κ3) is 5.02. The number of nitrogens with zero attached hydrogens (tertiary/aromatic N) is 2. The van der Waals surface area contributed by atoms with Crippen LogP contribution in [0.5, 0.6) is 0 Å². The van der Waals surface area contributed by atoms with Crippen molar-refractivity contribution in [2.45, 2.75) is 46.2 Å². The van der Waals surface area contributed by atoms with Gasteiger partial charge in [0.1, 0.15) is 6.04 Å². The zero-order valence-electron chi connectivity index (χ0n) is 17.2. The summed E-state index contributed by atoms with van der Waals surface area (Å²) in [6.07, 6.45) is 0.179. The molecule has 3 amide bonds. The quantitative estimate of drug-likeness (QED) is 0.600. The van der Waals surface area contributed by atoms with Gasteiger partial charge in [0.05, 0.1) is 12.1 Å². The molecule has 30 heavy (non-hydrogen) atoms. The molecule has 5 nitrogen and oxygen atoms in total. The Labute approximate surface area is 186 Å². The standard InChI is InChI=1S/C23H24Cl2N2O3/c1-23(2,3)13-21(29)26(14-15-6-4-5-7-18(15)25)19-12-20(28)27(22(19)30)17-10-8-16(24)9-11-17/h4-11,19H,12-14H2,1-3H3. The Morgan fingerprint density at radius 2 is 1.70 bits per heavy atom. The number of anilines is 1. The highest BCUT2D eigenvalue weighted by molar-refractivity contribution is 6.31. The Balaban J connectivity index is 1.93. The SMILES string of the molecule is CC(C)(C)CC(=O)N(Cc1ccccc1Cl)C1CC(=O)N(c2ccc(Cl)cc2)C1=O. The molecule has 0 bridgehead atoms. The minimum atomic E-state index is -0.876. The van der Waals surface area contributed by atoms with E-state index in [9.17, 15) is 14.4 Å². The molecule has 1 saturated heterocycles. The molecule has 1 heterocycles. The maximum Gasteiger partial charge on any atom is 0.257 e. The Morgan fingerprint density at radius 1 is 1.07 bits per heavy atom. The van der Waals surface area contributed by atoms with E-state index < -0.39 is 11.9 Å². The summed E-state index contributed by atoms with van der Waals surface area (Å²) >= 11 is 12.2. The smallest absolute Gasteiger partial charge is 0.257 e. The van der Waals surface area contributed by atoms with E-state index in [0.717, 1.165) is 10.5 Å². The van der Waals surface area contributed by atoms with Crippen LogP contribution in [0, 0.1) is 5.41 Å². The van der Waals surface area contributed by atoms with E-state index in [2.05, 4.69) is 0 Å². The Bertz CT molecular complexity index is 967. The average molecular weight is 447 g/mol. The molecular formula is C23H24Cl2N2O3. The summed E-state index contributed by atoms with van der Waals surface area (Å²) in [7, 11) is 0. The summed E-state index contributed by atoms with van der Waals surface area (Å²) in [5, 5.41) is 1.02. The summed E-state index contributed by atoms with van der Waals surface area (Å²) in [5.41, 5.74) is 0.904. The number of benzene rings is 2. The van der Waals surface area contributed by atoms with Crippen LogP contribution in [0.15, 0.2) is 48.5 Å². The molecule has 158 valence electrons. The summed E-state index contributed by atoms with van der Waals surface area (Å²) in [4.78, 5) is 41.8. The van der Waals surface area contributed by atoms with Crippen LogP contribution in [-0.2, 0) is 20.9 Å². The third-order valence-corrected chi connectivity index (χ3v) is 5.50. The van der Waals surface area contributed by atoms with E-state index in [1.807, 2.05) is 32.9 Å². The molecule has 2 aromatic carbocycles. The number of carbonyl (C=O) groups is 3. The summed E-state index contributed by atoms with van der Waals surface area (Å²) < 4.78 is 0. The van der Waals surface area contributed by atoms with Crippen molar-refractivity contribution in [3.05, 3.63) is 64.1 Å². The van der Waals surface area contributed by atoms with E-state index in [0.29, 0.717) is 15.7 Å². The highest BCUT2D eigenvalue weighted by Crippen LogP contribution is 2.30. The number of imide groups is 1. The molecule has 1 aliphatic rings. The second kappa shape index (κ2) is 8.78. The number of amides is 3. The Kier molecular flexibility index (Phi) is 6.53. The lowest BCUT2D eigenvalue weighted by atomic mass is 9.91. The van der Waals surface area contributed by atoms with Crippen molar-refractivity contribution in [1.29, 1.82) is 0 Å². The van der Waals surface area contributed by atoms with Crippen LogP contribution < -0.4 is 4.90 Å². The fourth-order valence-corrected chi connectivity index (χ4v) is 3.78. The van der Waals surface area contributed by atoms with Gasteiger partial charge in [-0.15, -0.1) is 0 Å². The summed E-state index contributed by atoms with van der Waals surface area (Å²) in [6, 6.07) is 12.8. The van der Waals surface area contributed by atoms with Gasteiger partial charge in [0.25, 0.3) is 5.91 Å². The first-order valence-electron chi connectivity index (χ1n) is 9.72. The Morgan fingerprint density at radius 3 is 2.30 bits per heavy atom. The van der Waals surface area contributed by atoms with Gasteiger partial charge in [0.2, 0.25) is 11.8 Å². The molecule has 7 heteroatoms. The summed E-state index contributed by atoms with van der Waals surface area (Å²) in [5.74, 6) is -0.955. The first-order chi connectivity index (χ1) is 14.1. The molecule has 1 unspecified atom stereocenters. The predicted molar refractivity (Wildman–Crippen MR) is 118 cm³/mol. The zero-order valence-corrected chi connectivity index (χ0v) is 18.7. The van der Waals surface area contributed by atoms with Gasteiger partial charge in [-0.05, 0) is 41.3 Å². The molecule has 3 rings (SSSR count). The van der Waals surface area contributed by atoms with Crippen molar-refractivity contribution in [3.63, 3.8) is 0 Å². The number of halogens is 2. The van der Waals surface area contributed by atoms with Crippen molar-refractivity contribution in [2.75, 3.05) is 4.90 Å². The molecule has 1 atom stereocenters. The first kappa shape index (κ1) is 22.3. The van der Waals surface area contributed by atoms with Gasteiger partial charge in [-0.2, -0.15) is 0 Å². The van der Waals surface area contributed by atoms with E-state index >= 15 is 0 Å². The monoisotopic (exact) mass is 446 g/mol. The van der Waals surface area contributed by atoms with E-state index in [1.165, 1.54) is 4.90 Å². The highest BCUT2D eigenvalue weighted by Gasteiger charge is 2.44. The molecule has 1 aliphatic heterocycles. The van der Waals surface area contributed by atoms with Gasteiger partial charge in [-0.25, -0.2) is 4.90 Å². The minimum Gasteiger partial charge on any atom is -0.326 e. The second-order valence-electron chi connectivity index (χ2n) is 8.61. The van der Waals surface area contributed by atoms with Crippen molar-refractivity contribution < 1.29 is 14.4 Å². The molecule has 0 aliphatic carbocycles. The topological polar surface area (TPSA) is 57.7 Å². The van der Waals surface area contributed by atoms with Crippen molar-refractivity contribution in [1.82, 2.24) is 4.90 Å². The molecular weight excluding hydrogens is 423 g/mol. The van der Waals surface area contributed by atoms with E-state index in [4.69, 9.17) is 23.2 Å². The molecule has 0 saturated carbocycles. The van der Waals surface area contributed by atoms with Crippen molar-refractivity contribution in [2.24, 2.45) is 5.41 Å². The Hall–Kier alpha value is -2.37. The van der Waals surface area contributed by atoms with Crippen molar-refractivity contribution >= 4 is 46.6 Å². The molecule has 0 radical (unpaired) electrons. The lowest BCUT2D eigenvalue weighted by molar-refractivity contribution is -0.140. The maximum atomic E-state index is 13.2. The fraction of sp³-hybridized carbons (Fsp3) is 0.348. The number of hydrogen-bond donors (Lipinski definition) is 0. The third-order valence-electron chi connectivity index (χ3n) is 4.88. The molecule has 0 spiro atoms. The van der Waals surface area contributed by atoms with Crippen LogP contribution in [0.3, 0.4) is 0 Å². The van der Waals surface area contributed by atoms with E-state index in [-0.39, 0.29) is 36.6 Å². The van der Waals surface area contributed by atoms with Crippen LogP contribution in [0.4, 0.5) is 5.69 Å². The lowest BCUT2D eigenvalue weighted by Gasteiger charge is -2.30. The largest absolute Gasteiger partial charge is 0.326 e. The number of carbonyl (C=O) groups excluding carboxylic acids is 3. The van der Waals surface area contributed by atoms with Crippen LogP contribution in [-0.4, -0.2) is 28.7 Å². The summed E-state index contributed by atoms with van der Waals surface area (Å²) in [6.45, 7) is 6.04. The van der Waals surface area contributed by atoms with Gasteiger partial charge in [0.15, 0.2) is 0 Å². The average Bonchev–Trinajstić information content (AvgIpc) is 2.94. The number of hydrogen-bond acceptors (Lipinski definition) is 3. The zero-order chi connectivity index (χ0) is 22.1. The fourth-order valence-electron chi connectivity index (χ4n) is 3.46. The number of rotatable bonds is 5. The lowest BCUT2D eigenvalue weighted by Crippen LogP contribution is -2.46. The molecule has 2 aromatic rings. The second-order valence-corrected chi connectivity index (χ2v) is 9.46. The minimum absolute atomic E-state index is 0.0677. The van der Waals surface area contributed by atoms with Gasteiger partial charge in [0, 0.05) is 23.0 Å². The first-order valence-corrected chi connectivity index (χ1v) is 10.5. The highest BCUT2D eigenvalue weighted by atomic mass is 35.5. The van der Waals surface area contributed by atoms with Crippen LogP contribution in [0.25, 0.3) is 0 Å². The predicted octanol–water partition coefficient (Wildman–Crippen LogP) is 5.09. The normalized spacial score (nSPS) is 16.8. The van der Waals surface area contributed by atoms with Crippen LogP contribution in [0.2, 0.25) is 10.0 Å². The van der Waals surface area contributed by atoms with Gasteiger partial charge < -0.3 is 4.90 Å². The van der Waals surface area contributed by atoms with Crippen LogP contribution in [0.1, 0.15) is 39.2 Å².